The fraction of sp³-hybridized carbons (Fsp3) is 0.182. The van der Waals surface area contributed by atoms with Crippen molar-refractivity contribution in [1.82, 2.24) is 19.8 Å². The SMILES string of the molecule is CN(C)C(=O)c1ccc(Nn2cccc2)nn1. The van der Waals surface area contributed by atoms with Crippen molar-refractivity contribution in [1.29, 1.82) is 0 Å². The van der Waals surface area contributed by atoms with Crippen molar-refractivity contribution in [2.45, 2.75) is 0 Å². The number of carbonyl (C=O) groups is 1. The zero-order valence-electron chi connectivity index (χ0n) is 9.66. The van der Waals surface area contributed by atoms with Gasteiger partial charge in [0.15, 0.2) is 11.5 Å². The standard InChI is InChI=1S/C11H13N5O/c1-15(2)11(17)9-5-6-10(13-12-9)14-16-7-3-4-8-16/h3-8H,1-2H3,(H,13,14). The molecule has 2 rings (SSSR count). The molecule has 0 aromatic carbocycles. The Labute approximate surface area is 98.9 Å². The maximum atomic E-state index is 11.6. The number of hydrogen-bond donors (Lipinski definition) is 1. The van der Waals surface area contributed by atoms with Crippen molar-refractivity contribution in [3.63, 3.8) is 0 Å². The number of carbonyl (C=O) groups excluding carboxylic acids is 1. The lowest BCUT2D eigenvalue weighted by molar-refractivity contribution is 0.0821. The van der Waals surface area contributed by atoms with Gasteiger partial charge in [-0.2, -0.15) is 0 Å². The van der Waals surface area contributed by atoms with Gasteiger partial charge in [-0.25, -0.2) is 0 Å². The molecule has 0 saturated heterocycles. The summed E-state index contributed by atoms with van der Waals surface area (Å²) in [6.45, 7) is 0. The molecule has 1 N–H and O–H groups in total. The summed E-state index contributed by atoms with van der Waals surface area (Å²) in [7, 11) is 3.35. The molecular weight excluding hydrogens is 218 g/mol. The number of nitrogens with zero attached hydrogens (tertiary/aromatic N) is 4. The van der Waals surface area contributed by atoms with E-state index in [9.17, 15) is 4.79 Å². The van der Waals surface area contributed by atoms with Crippen LogP contribution >= 0.6 is 0 Å². The van der Waals surface area contributed by atoms with E-state index in [1.807, 2.05) is 24.5 Å². The van der Waals surface area contributed by atoms with Crippen LogP contribution in [-0.4, -0.2) is 39.8 Å². The zero-order valence-corrected chi connectivity index (χ0v) is 9.66. The summed E-state index contributed by atoms with van der Waals surface area (Å²) in [4.78, 5) is 13.0. The minimum absolute atomic E-state index is 0.162. The maximum absolute atomic E-state index is 11.6. The van der Waals surface area contributed by atoms with Gasteiger partial charge in [0.1, 0.15) is 0 Å². The van der Waals surface area contributed by atoms with Gasteiger partial charge in [0.25, 0.3) is 5.91 Å². The first-order valence-corrected chi connectivity index (χ1v) is 5.12. The van der Waals surface area contributed by atoms with E-state index in [0.29, 0.717) is 11.5 Å². The summed E-state index contributed by atoms with van der Waals surface area (Å²) in [6, 6.07) is 7.14. The van der Waals surface area contributed by atoms with Crippen molar-refractivity contribution in [2.24, 2.45) is 0 Å². The Morgan fingerprint density at radius 1 is 1.24 bits per heavy atom. The molecule has 0 aliphatic heterocycles. The van der Waals surface area contributed by atoms with E-state index in [0.717, 1.165) is 0 Å². The van der Waals surface area contributed by atoms with Crippen LogP contribution in [0, 0.1) is 0 Å². The largest absolute Gasteiger partial charge is 0.343 e. The molecule has 0 saturated carbocycles. The van der Waals surface area contributed by atoms with Gasteiger partial charge in [-0.3, -0.25) is 14.9 Å². The predicted molar refractivity (Wildman–Crippen MR) is 63.5 cm³/mol. The van der Waals surface area contributed by atoms with Crippen molar-refractivity contribution in [3.8, 4) is 0 Å². The molecular formula is C11H13N5O. The van der Waals surface area contributed by atoms with E-state index in [4.69, 9.17) is 0 Å². The molecule has 0 unspecified atom stereocenters. The molecule has 6 heteroatoms. The van der Waals surface area contributed by atoms with Gasteiger partial charge in [0, 0.05) is 26.5 Å². The van der Waals surface area contributed by atoms with Gasteiger partial charge in [0.05, 0.1) is 0 Å². The van der Waals surface area contributed by atoms with Crippen LogP contribution in [-0.2, 0) is 0 Å². The number of anilines is 1. The second-order valence-corrected chi connectivity index (χ2v) is 3.71. The molecule has 0 aliphatic rings. The number of rotatable bonds is 3. The molecule has 0 spiro atoms. The van der Waals surface area contributed by atoms with Crippen LogP contribution in [0.4, 0.5) is 5.82 Å². The third-order valence-electron chi connectivity index (χ3n) is 2.14. The third-order valence-corrected chi connectivity index (χ3v) is 2.14. The monoisotopic (exact) mass is 231 g/mol. The Balaban J connectivity index is 2.10. The van der Waals surface area contributed by atoms with Crippen LogP contribution in [0.1, 0.15) is 10.5 Å². The van der Waals surface area contributed by atoms with Crippen LogP contribution < -0.4 is 5.43 Å². The van der Waals surface area contributed by atoms with Crippen LogP contribution in [0.25, 0.3) is 0 Å². The van der Waals surface area contributed by atoms with E-state index >= 15 is 0 Å². The highest BCUT2D eigenvalue weighted by molar-refractivity contribution is 5.91. The van der Waals surface area contributed by atoms with Gasteiger partial charge in [-0.05, 0) is 24.3 Å². The summed E-state index contributed by atoms with van der Waals surface area (Å²) in [5.41, 5.74) is 3.32. The van der Waals surface area contributed by atoms with E-state index < -0.39 is 0 Å². The maximum Gasteiger partial charge on any atom is 0.273 e. The molecule has 6 nitrogen and oxygen atoms in total. The summed E-state index contributed by atoms with van der Waals surface area (Å²) in [6.07, 6.45) is 3.70. The van der Waals surface area contributed by atoms with E-state index in [-0.39, 0.29) is 5.91 Å². The van der Waals surface area contributed by atoms with Crippen molar-refractivity contribution >= 4 is 11.7 Å². The van der Waals surface area contributed by atoms with E-state index in [1.165, 1.54) is 4.90 Å². The predicted octanol–water partition coefficient (Wildman–Crippen LogP) is 0.855. The van der Waals surface area contributed by atoms with E-state index in [2.05, 4.69) is 15.6 Å². The Hall–Kier alpha value is -2.37. The molecule has 0 atom stereocenters. The van der Waals surface area contributed by atoms with Crippen LogP contribution in [0.2, 0.25) is 0 Å². The summed E-state index contributed by atoms with van der Waals surface area (Å²) in [5, 5.41) is 7.79. The molecule has 0 bridgehead atoms. The van der Waals surface area contributed by atoms with Gasteiger partial charge >= 0.3 is 0 Å². The van der Waals surface area contributed by atoms with Crippen LogP contribution in [0.3, 0.4) is 0 Å². The highest BCUT2D eigenvalue weighted by Gasteiger charge is 2.09. The van der Waals surface area contributed by atoms with Crippen molar-refractivity contribution < 1.29 is 4.79 Å². The molecule has 17 heavy (non-hydrogen) atoms. The second-order valence-electron chi connectivity index (χ2n) is 3.71. The average molecular weight is 231 g/mol. The van der Waals surface area contributed by atoms with E-state index in [1.54, 1.807) is 30.9 Å². The molecule has 2 aromatic heterocycles. The molecule has 0 fully saturated rings. The van der Waals surface area contributed by atoms with Gasteiger partial charge in [-0.15, -0.1) is 10.2 Å². The smallest absolute Gasteiger partial charge is 0.273 e. The molecule has 2 aromatic rings. The lowest BCUT2D eigenvalue weighted by Crippen LogP contribution is -2.23. The summed E-state index contributed by atoms with van der Waals surface area (Å²) >= 11 is 0. The summed E-state index contributed by atoms with van der Waals surface area (Å²) in [5.74, 6) is 0.418. The lowest BCUT2D eigenvalue weighted by Gasteiger charge is -2.09. The van der Waals surface area contributed by atoms with Gasteiger partial charge in [-0.1, -0.05) is 0 Å². The Bertz CT molecular complexity index is 489. The molecule has 1 amide bonds. The Morgan fingerprint density at radius 3 is 2.47 bits per heavy atom. The van der Waals surface area contributed by atoms with Crippen LogP contribution in [0.15, 0.2) is 36.7 Å². The molecule has 2 heterocycles. The topological polar surface area (TPSA) is 63.1 Å². The fourth-order valence-electron chi connectivity index (χ4n) is 1.28. The fourth-order valence-corrected chi connectivity index (χ4v) is 1.28. The number of hydrogen-bond acceptors (Lipinski definition) is 4. The highest BCUT2D eigenvalue weighted by Crippen LogP contribution is 2.04. The highest BCUT2D eigenvalue weighted by atomic mass is 16.2. The normalized spacial score (nSPS) is 10.0. The minimum atomic E-state index is -0.162. The number of amides is 1. The third kappa shape index (κ3) is 2.60. The first-order chi connectivity index (χ1) is 8.16. The molecule has 0 radical (unpaired) electrons. The quantitative estimate of drug-likeness (QED) is 0.850. The van der Waals surface area contributed by atoms with Crippen LogP contribution in [0.5, 0.6) is 0 Å². The zero-order chi connectivity index (χ0) is 12.3. The first-order valence-electron chi connectivity index (χ1n) is 5.12. The first kappa shape index (κ1) is 11.1. The van der Waals surface area contributed by atoms with Crippen molar-refractivity contribution in [2.75, 3.05) is 19.5 Å². The summed E-state index contributed by atoms with van der Waals surface area (Å²) < 4.78 is 1.75. The lowest BCUT2D eigenvalue weighted by atomic mass is 10.3. The molecule has 88 valence electrons. The number of aromatic nitrogens is 3. The number of nitrogens with one attached hydrogen (secondary N) is 1. The Kier molecular flexibility index (Phi) is 3.04. The second kappa shape index (κ2) is 4.65. The molecule has 0 aliphatic carbocycles. The van der Waals surface area contributed by atoms with Crippen molar-refractivity contribution in [3.05, 3.63) is 42.4 Å². The van der Waals surface area contributed by atoms with Gasteiger partial charge < -0.3 is 4.90 Å². The minimum Gasteiger partial charge on any atom is -0.343 e. The average Bonchev–Trinajstić information content (AvgIpc) is 2.82. The van der Waals surface area contributed by atoms with Gasteiger partial charge in [0.2, 0.25) is 0 Å². The Morgan fingerprint density at radius 2 is 1.94 bits per heavy atom.